The van der Waals surface area contributed by atoms with Crippen LogP contribution < -0.4 is 4.74 Å². The highest BCUT2D eigenvalue weighted by molar-refractivity contribution is 6.00. The maximum absolute atomic E-state index is 13.2. The third-order valence-corrected chi connectivity index (χ3v) is 3.24. The number of ether oxygens (including phenoxy) is 1. The van der Waals surface area contributed by atoms with E-state index in [1.165, 1.54) is 25.3 Å². The van der Waals surface area contributed by atoms with Gasteiger partial charge in [0.2, 0.25) is 0 Å². The van der Waals surface area contributed by atoms with E-state index in [-0.39, 0.29) is 23.7 Å². The van der Waals surface area contributed by atoms with Gasteiger partial charge >= 0.3 is 0 Å². The van der Waals surface area contributed by atoms with Crippen molar-refractivity contribution in [3.05, 3.63) is 29.6 Å². The molecule has 0 radical (unpaired) electrons. The lowest BCUT2D eigenvalue weighted by atomic mass is 10.1. The molecule has 0 bridgehead atoms. The van der Waals surface area contributed by atoms with E-state index in [2.05, 4.69) is 0 Å². The summed E-state index contributed by atoms with van der Waals surface area (Å²) in [5.41, 5.74) is 0.249. The number of carbonyl (C=O) groups excluding carboxylic acids is 2. The van der Waals surface area contributed by atoms with Crippen LogP contribution in [-0.2, 0) is 4.79 Å². The molecule has 1 saturated heterocycles. The van der Waals surface area contributed by atoms with E-state index in [0.717, 1.165) is 0 Å². The summed E-state index contributed by atoms with van der Waals surface area (Å²) in [5.74, 6) is -0.0461. The molecule has 0 unspecified atom stereocenters. The summed E-state index contributed by atoms with van der Waals surface area (Å²) in [6.07, 6.45) is 0.959. The summed E-state index contributed by atoms with van der Waals surface area (Å²) < 4.78 is 18.3. The quantitative estimate of drug-likeness (QED) is 0.777. The van der Waals surface area contributed by atoms with Crippen LogP contribution in [0.2, 0.25) is 0 Å². The minimum Gasteiger partial charge on any atom is -0.496 e. The maximum Gasteiger partial charge on any atom is 0.180 e. The van der Waals surface area contributed by atoms with Crippen molar-refractivity contribution >= 4 is 11.6 Å². The van der Waals surface area contributed by atoms with E-state index in [9.17, 15) is 14.0 Å². The van der Waals surface area contributed by atoms with E-state index < -0.39 is 5.82 Å². The fourth-order valence-corrected chi connectivity index (χ4v) is 2.15. The molecule has 0 atom stereocenters. The molecule has 2 rings (SSSR count). The second kappa shape index (κ2) is 5.93. The van der Waals surface area contributed by atoms with Gasteiger partial charge in [0.05, 0.1) is 19.2 Å². The van der Waals surface area contributed by atoms with Crippen LogP contribution in [0.3, 0.4) is 0 Å². The SMILES string of the molecule is COc1ccc(F)cc1C(=O)CN1CCC(=O)CC1. The van der Waals surface area contributed by atoms with Crippen LogP contribution in [0.1, 0.15) is 23.2 Å². The Bertz CT molecular complexity index is 491. The predicted molar refractivity (Wildman–Crippen MR) is 68.0 cm³/mol. The molecule has 0 amide bonds. The van der Waals surface area contributed by atoms with Gasteiger partial charge in [-0.1, -0.05) is 0 Å². The van der Waals surface area contributed by atoms with E-state index >= 15 is 0 Å². The Balaban J connectivity index is 2.07. The lowest BCUT2D eigenvalue weighted by Gasteiger charge is -2.25. The third kappa shape index (κ3) is 3.38. The van der Waals surface area contributed by atoms with E-state index in [1.807, 2.05) is 4.90 Å². The topological polar surface area (TPSA) is 46.6 Å². The van der Waals surface area contributed by atoms with Crippen LogP contribution in [-0.4, -0.2) is 43.2 Å². The molecule has 0 N–H and O–H groups in total. The van der Waals surface area contributed by atoms with Crippen LogP contribution in [0, 0.1) is 5.82 Å². The van der Waals surface area contributed by atoms with E-state index in [0.29, 0.717) is 31.7 Å². The highest BCUT2D eigenvalue weighted by atomic mass is 19.1. The molecule has 19 heavy (non-hydrogen) atoms. The fourth-order valence-electron chi connectivity index (χ4n) is 2.15. The molecule has 4 nitrogen and oxygen atoms in total. The number of hydrogen-bond acceptors (Lipinski definition) is 4. The van der Waals surface area contributed by atoms with Gasteiger partial charge in [0.25, 0.3) is 0 Å². The molecule has 1 fully saturated rings. The first-order valence-electron chi connectivity index (χ1n) is 6.21. The van der Waals surface area contributed by atoms with Crippen molar-refractivity contribution in [3.63, 3.8) is 0 Å². The molecule has 0 aliphatic carbocycles. The molecule has 1 heterocycles. The number of likely N-dealkylation sites (tertiary alicyclic amines) is 1. The van der Waals surface area contributed by atoms with Crippen molar-refractivity contribution < 1.29 is 18.7 Å². The first-order valence-corrected chi connectivity index (χ1v) is 6.21. The van der Waals surface area contributed by atoms with Crippen LogP contribution in [0.4, 0.5) is 4.39 Å². The lowest BCUT2D eigenvalue weighted by Crippen LogP contribution is -2.37. The third-order valence-electron chi connectivity index (χ3n) is 3.24. The number of methoxy groups -OCH3 is 1. The Hall–Kier alpha value is -1.75. The molecule has 0 aromatic heterocycles. The zero-order valence-corrected chi connectivity index (χ0v) is 10.8. The second-order valence-corrected chi connectivity index (χ2v) is 4.58. The number of Topliss-reactive ketones (excluding diaryl/α,β-unsaturated/α-hetero) is 2. The summed E-state index contributed by atoms with van der Waals surface area (Å²) in [6, 6.07) is 3.90. The normalized spacial score (nSPS) is 16.4. The smallest absolute Gasteiger partial charge is 0.180 e. The molecule has 1 aromatic rings. The highest BCUT2D eigenvalue weighted by Gasteiger charge is 2.21. The summed E-state index contributed by atoms with van der Waals surface area (Å²) in [5, 5.41) is 0. The molecule has 1 aliphatic rings. The Morgan fingerprint density at radius 1 is 1.37 bits per heavy atom. The molecule has 1 aromatic carbocycles. The van der Waals surface area contributed by atoms with Crippen molar-refractivity contribution in [3.8, 4) is 5.75 Å². The van der Waals surface area contributed by atoms with Crippen LogP contribution >= 0.6 is 0 Å². The summed E-state index contributed by atoms with van der Waals surface area (Å²) in [7, 11) is 1.45. The summed E-state index contributed by atoms with van der Waals surface area (Å²) in [4.78, 5) is 25.2. The fraction of sp³-hybridized carbons (Fsp3) is 0.429. The van der Waals surface area contributed by atoms with Crippen molar-refractivity contribution in [1.29, 1.82) is 0 Å². The standard InChI is InChI=1S/C14H16FNO3/c1-19-14-3-2-10(15)8-12(14)13(18)9-16-6-4-11(17)5-7-16/h2-3,8H,4-7,9H2,1H3. The average molecular weight is 265 g/mol. The monoisotopic (exact) mass is 265 g/mol. The number of benzene rings is 1. The first-order chi connectivity index (χ1) is 9.10. The van der Waals surface area contributed by atoms with Gasteiger partial charge in [-0.25, -0.2) is 4.39 Å². The molecular weight excluding hydrogens is 249 g/mol. The van der Waals surface area contributed by atoms with Gasteiger partial charge in [0, 0.05) is 25.9 Å². The number of piperidine rings is 1. The van der Waals surface area contributed by atoms with Gasteiger partial charge in [-0.15, -0.1) is 0 Å². The van der Waals surface area contributed by atoms with Gasteiger partial charge in [-0.05, 0) is 18.2 Å². The minimum atomic E-state index is -0.460. The average Bonchev–Trinajstić information content (AvgIpc) is 2.41. The molecule has 0 spiro atoms. The Morgan fingerprint density at radius 2 is 2.05 bits per heavy atom. The molecule has 1 aliphatic heterocycles. The van der Waals surface area contributed by atoms with E-state index in [4.69, 9.17) is 4.74 Å². The summed E-state index contributed by atoms with van der Waals surface area (Å²) >= 11 is 0. The van der Waals surface area contributed by atoms with Crippen LogP contribution in [0.15, 0.2) is 18.2 Å². The zero-order chi connectivity index (χ0) is 13.8. The number of hydrogen-bond donors (Lipinski definition) is 0. The molecule has 5 heteroatoms. The number of carbonyl (C=O) groups is 2. The predicted octanol–water partition coefficient (Wildman–Crippen LogP) is 1.68. The van der Waals surface area contributed by atoms with Crippen molar-refractivity contribution in [2.45, 2.75) is 12.8 Å². The second-order valence-electron chi connectivity index (χ2n) is 4.58. The van der Waals surface area contributed by atoms with Gasteiger partial charge in [0.15, 0.2) is 5.78 Å². The highest BCUT2D eigenvalue weighted by Crippen LogP contribution is 2.20. The van der Waals surface area contributed by atoms with Crippen molar-refractivity contribution in [2.75, 3.05) is 26.7 Å². The Labute approximate surface area is 111 Å². The number of ketones is 2. The molecule has 102 valence electrons. The van der Waals surface area contributed by atoms with Crippen molar-refractivity contribution in [1.82, 2.24) is 4.90 Å². The van der Waals surface area contributed by atoms with Gasteiger partial charge in [-0.3, -0.25) is 14.5 Å². The molecule has 0 saturated carbocycles. The zero-order valence-electron chi connectivity index (χ0n) is 10.8. The Kier molecular flexibility index (Phi) is 4.27. The van der Waals surface area contributed by atoms with Crippen molar-refractivity contribution in [2.24, 2.45) is 0 Å². The number of nitrogens with zero attached hydrogens (tertiary/aromatic N) is 1. The molecular formula is C14H16FNO3. The van der Waals surface area contributed by atoms with Gasteiger partial charge < -0.3 is 4.74 Å². The number of rotatable bonds is 4. The Morgan fingerprint density at radius 3 is 2.68 bits per heavy atom. The maximum atomic E-state index is 13.2. The van der Waals surface area contributed by atoms with Crippen LogP contribution in [0.25, 0.3) is 0 Å². The van der Waals surface area contributed by atoms with Gasteiger partial charge in [-0.2, -0.15) is 0 Å². The lowest BCUT2D eigenvalue weighted by molar-refractivity contribution is -0.121. The number of halogens is 1. The van der Waals surface area contributed by atoms with Crippen LogP contribution in [0.5, 0.6) is 5.75 Å². The summed E-state index contributed by atoms with van der Waals surface area (Å²) in [6.45, 7) is 1.36. The minimum absolute atomic E-state index is 0.188. The largest absolute Gasteiger partial charge is 0.496 e. The first kappa shape index (κ1) is 13.7. The van der Waals surface area contributed by atoms with Gasteiger partial charge in [0.1, 0.15) is 17.3 Å². The van der Waals surface area contributed by atoms with E-state index in [1.54, 1.807) is 0 Å².